The van der Waals surface area contributed by atoms with Crippen molar-refractivity contribution < 1.29 is 4.79 Å². The lowest BCUT2D eigenvalue weighted by Crippen LogP contribution is -2.28. The molecule has 4 nitrogen and oxygen atoms in total. The summed E-state index contributed by atoms with van der Waals surface area (Å²) >= 11 is 0. The first kappa shape index (κ1) is 16.6. The Bertz CT molecular complexity index is 898. The maximum Gasteiger partial charge on any atom is 0.224 e. The molecular weight excluding hydrogens is 322 g/mol. The third kappa shape index (κ3) is 3.54. The van der Waals surface area contributed by atoms with Crippen LogP contribution in [-0.4, -0.2) is 15.5 Å². The lowest BCUT2D eigenvalue weighted by atomic mass is 10.0. The zero-order valence-electron chi connectivity index (χ0n) is 15.0. The highest BCUT2D eigenvalue weighted by Gasteiger charge is 2.14. The van der Waals surface area contributed by atoms with Gasteiger partial charge in [0.05, 0.1) is 18.8 Å². The Morgan fingerprint density at radius 3 is 2.73 bits per heavy atom. The minimum absolute atomic E-state index is 0.0197. The molecule has 4 rings (SSSR count). The third-order valence-corrected chi connectivity index (χ3v) is 5.10. The van der Waals surface area contributed by atoms with E-state index < -0.39 is 0 Å². The van der Waals surface area contributed by atoms with E-state index >= 15 is 0 Å². The Morgan fingerprint density at radius 2 is 1.96 bits per heavy atom. The normalized spacial score (nSPS) is 14.0. The predicted molar refractivity (Wildman–Crippen MR) is 102 cm³/mol. The van der Waals surface area contributed by atoms with Crippen molar-refractivity contribution in [3.8, 4) is 5.69 Å². The SMILES string of the molecule is C[C@H](NC(=O)Cc1ccc2c(c1)CCC2)c1ccc(-n2ccnc2)cc1. The lowest BCUT2D eigenvalue weighted by molar-refractivity contribution is -0.121. The van der Waals surface area contributed by atoms with Gasteiger partial charge in [0.1, 0.15) is 0 Å². The Morgan fingerprint density at radius 1 is 1.15 bits per heavy atom. The van der Waals surface area contributed by atoms with Crippen molar-refractivity contribution in [3.63, 3.8) is 0 Å². The van der Waals surface area contributed by atoms with Crippen LogP contribution in [0, 0.1) is 0 Å². The number of aryl methyl sites for hydroxylation is 2. The molecule has 1 aliphatic rings. The monoisotopic (exact) mass is 345 g/mol. The van der Waals surface area contributed by atoms with Crippen molar-refractivity contribution in [1.29, 1.82) is 0 Å². The second-order valence-electron chi connectivity index (χ2n) is 6.98. The minimum atomic E-state index is -0.0197. The van der Waals surface area contributed by atoms with Crippen LogP contribution in [-0.2, 0) is 24.1 Å². The van der Waals surface area contributed by atoms with Crippen LogP contribution in [0.25, 0.3) is 5.69 Å². The number of nitrogens with zero attached hydrogens (tertiary/aromatic N) is 2. The van der Waals surface area contributed by atoms with E-state index in [1.165, 1.54) is 24.0 Å². The molecule has 1 heterocycles. The van der Waals surface area contributed by atoms with Crippen LogP contribution in [0.5, 0.6) is 0 Å². The molecule has 1 aliphatic carbocycles. The summed E-state index contributed by atoms with van der Waals surface area (Å²) in [7, 11) is 0. The average Bonchev–Trinajstić information content (AvgIpc) is 3.33. The summed E-state index contributed by atoms with van der Waals surface area (Å²) < 4.78 is 1.96. The van der Waals surface area contributed by atoms with Gasteiger partial charge in [-0.3, -0.25) is 4.79 Å². The highest BCUT2D eigenvalue weighted by atomic mass is 16.1. The fraction of sp³-hybridized carbons (Fsp3) is 0.273. The van der Waals surface area contributed by atoms with E-state index in [-0.39, 0.29) is 11.9 Å². The lowest BCUT2D eigenvalue weighted by Gasteiger charge is -2.15. The standard InChI is InChI=1S/C22H23N3O/c1-16(18-7-9-21(10-8-18)25-12-11-23-15-25)24-22(26)14-17-5-6-19-3-2-4-20(19)13-17/h5-13,15-16H,2-4,14H2,1H3,(H,24,26)/t16-/m0/s1. The zero-order chi connectivity index (χ0) is 17.9. The molecule has 2 aromatic carbocycles. The number of hydrogen-bond acceptors (Lipinski definition) is 2. The van der Waals surface area contributed by atoms with E-state index in [0.29, 0.717) is 6.42 Å². The van der Waals surface area contributed by atoms with Crippen LogP contribution < -0.4 is 5.32 Å². The summed E-state index contributed by atoms with van der Waals surface area (Å²) in [4.78, 5) is 16.5. The smallest absolute Gasteiger partial charge is 0.224 e. The third-order valence-electron chi connectivity index (χ3n) is 5.10. The summed E-state index contributed by atoms with van der Waals surface area (Å²) in [6.07, 6.45) is 9.43. The molecule has 0 saturated heterocycles. The molecule has 0 bridgehead atoms. The van der Waals surface area contributed by atoms with Crippen molar-refractivity contribution in [3.05, 3.63) is 83.4 Å². The van der Waals surface area contributed by atoms with Crippen molar-refractivity contribution in [2.75, 3.05) is 0 Å². The van der Waals surface area contributed by atoms with Crippen LogP contribution in [0.2, 0.25) is 0 Å². The number of amides is 1. The number of benzene rings is 2. The summed E-state index contributed by atoms with van der Waals surface area (Å²) in [5, 5.41) is 3.11. The molecule has 4 heteroatoms. The van der Waals surface area contributed by atoms with Gasteiger partial charge in [-0.1, -0.05) is 30.3 Å². The van der Waals surface area contributed by atoms with E-state index in [0.717, 1.165) is 23.2 Å². The van der Waals surface area contributed by atoms with Gasteiger partial charge in [-0.2, -0.15) is 0 Å². The molecule has 0 fully saturated rings. The Kier molecular flexibility index (Phi) is 4.57. The van der Waals surface area contributed by atoms with Crippen LogP contribution in [0.1, 0.15) is 41.6 Å². The molecule has 0 unspecified atom stereocenters. The van der Waals surface area contributed by atoms with Crippen molar-refractivity contribution in [2.45, 2.75) is 38.6 Å². The Balaban J connectivity index is 1.38. The number of fused-ring (bicyclic) bond motifs is 1. The van der Waals surface area contributed by atoms with E-state index in [4.69, 9.17) is 0 Å². The number of carbonyl (C=O) groups is 1. The highest BCUT2D eigenvalue weighted by molar-refractivity contribution is 5.79. The van der Waals surface area contributed by atoms with Gasteiger partial charge in [-0.05, 0) is 60.6 Å². The molecule has 0 aliphatic heterocycles. The molecule has 26 heavy (non-hydrogen) atoms. The van der Waals surface area contributed by atoms with E-state index in [9.17, 15) is 4.79 Å². The summed E-state index contributed by atoms with van der Waals surface area (Å²) in [5.74, 6) is 0.0640. The fourth-order valence-electron chi connectivity index (χ4n) is 3.64. The summed E-state index contributed by atoms with van der Waals surface area (Å²) in [5.41, 5.74) is 6.11. The largest absolute Gasteiger partial charge is 0.349 e. The van der Waals surface area contributed by atoms with Crippen molar-refractivity contribution >= 4 is 5.91 Å². The number of carbonyl (C=O) groups excluding carboxylic acids is 1. The number of rotatable bonds is 5. The van der Waals surface area contributed by atoms with Crippen molar-refractivity contribution in [2.24, 2.45) is 0 Å². The maximum absolute atomic E-state index is 12.4. The van der Waals surface area contributed by atoms with Crippen molar-refractivity contribution in [1.82, 2.24) is 14.9 Å². The Labute approximate surface area is 153 Å². The van der Waals surface area contributed by atoms with E-state index in [2.05, 4.69) is 40.6 Å². The molecular formula is C22H23N3O. The maximum atomic E-state index is 12.4. The fourth-order valence-corrected chi connectivity index (χ4v) is 3.64. The van der Waals surface area contributed by atoms with E-state index in [1.807, 2.05) is 29.8 Å². The minimum Gasteiger partial charge on any atom is -0.349 e. The topological polar surface area (TPSA) is 46.9 Å². The van der Waals surface area contributed by atoms with Gasteiger partial charge in [0.2, 0.25) is 5.91 Å². The predicted octanol–water partition coefficient (Wildman–Crippen LogP) is 3.78. The molecule has 0 radical (unpaired) electrons. The second-order valence-corrected chi connectivity index (χ2v) is 6.98. The first-order chi connectivity index (χ1) is 12.7. The quantitative estimate of drug-likeness (QED) is 0.765. The molecule has 0 spiro atoms. The average molecular weight is 345 g/mol. The molecule has 1 amide bonds. The van der Waals surface area contributed by atoms with Gasteiger partial charge in [-0.25, -0.2) is 4.98 Å². The zero-order valence-corrected chi connectivity index (χ0v) is 15.0. The van der Waals surface area contributed by atoms with Gasteiger partial charge in [0, 0.05) is 18.1 Å². The second kappa shape index (κ2) is 7.16. The molecule has 0 saturated carbocycles. The van der Waals surface area contributed by atoms with Gasteiger partial charge < -0.3 is 9.88 Å². The highest BCUT2D eigenvalue weighted by Crippen LogP contribution is 2.23. The van der Waals surface area contributed by atoms with Gasteiger partial charge in [-0.15, -0.1) is 0 Å². The Hall–Kier alpha value is -2.88. The molecule has 1 atom stereocenters. The number of hydrogen-bond donors (Lipinski definition) is 1. The van der Waals surface area contributed by atoms with Gasteiger partial charge >= 0.3 is 0 Å². The van der Waals surface area contributed by atoms with Gasteiger partial charge in [0.25, 0.3) is 0 Å². The van der Waals surface area contributed by atoms with Crippen LogP contribution in [0.4, 0.5) is 0 Å². The van der Waals surface area contributed by atoms with E-state index in [1.54, 1.807) is 12.5 Å². The number of aromatic nitrogens is 2. The number of nitrogens with one attached hydrogen (secondary N) is 1. The molecule has 1 N–H and O–H groups in total. The molecule has 132 valence electrons. The summed E-state index contributed by atoms with van der Waals surface area (Å²) in [6.45, 7) is 2.02. The first-order valence-electron chi connectivity index (χ1n) is 9.17. The molecule has 1 aromatic heterocycles. The van der Waals surface area contributed by atoms with Crippen LogP contribution in [0.3, 0.4) is 0 Å². The van der Waals surface area contributed by atoms with Gasteiger partial charge in [0.15, 0.2) is 0 Å². The first-order valence-corrected chi connectivity index (χ1v) is 9.17. The molecule has 3 aromatic rings. The van der Waals surface area contributed by atoms with Crippen LogP contribution in [0.15, 0.2) is 61.2 Å². The van der Waals surface area contributed by atoms with Crippen LogP contribution >= 0.6 is 0 Å². The summed E-state index contributed by atoms with van der Waals surface area (Å²) in [6, 6.07) is 14.6. The number of imidazole rings is 1.